The van der Waals surface area contributed by atoms with Gasteiger partial charge in [0.1, 0.15) is 11.5 Å². The van der Waals surface area contributed by atoms with Crippen LogP contribution in [0.4, 0.5) is 5.69 Å². The topological polar surface area (TPSA) is 146 Å². The number of allylic oxidation sites excluding steroid dienone is 2. The fourth-order valence-electron chi connectivity index (χ4n) is 9.39. The molecule has 56 heavy (non-hydrogen) atoms. The third kappa shape index (κ3) is 5.95. The van der Waals surface area contributed by atoms with E-state index in [0.29, 0.717) is 34.0 Å². The number of imide groups is 2. The molecule has 4 aromatic rings. The molecule has 0 spiro atoms. The second kappa shape index (κ2) is 14.5. The fraction of sp³-hybridized carbons (Fsp3) is 0.302. The molecular formula is C43H39Cl2N3O8. The van der Waals surface area contributed by atoms with Crippen LogP contribution in [0.3, 0.4) is 0 Å². The van der Waals surface area contributed by atoms with E-state index in [2.05, 4.69) is 5.43 Å². The lowest BCUT2D eigenvalue weighted by Crippen LogP contribution is -2.53. The van der Waals surface area contributed by atoms with Crippen LogP contribution in [-0.2, 0) is 31.0 Å². The number of aromatic hydroxyl groups is 2. The van der Waals surface area contributed by atoms with Gasteiger partial charge < -0.3 is 19.7 Å². The second-order valence-electron chi connectivity index (χ2n) is 14.6. The van der Waals surface area contributed by atoms with Gasteiger partial charge in [0.25, 0.3) is 11.8 Å². The van der Waals surface area contributed by atoms with Crippen molar-refractivity contribution in [2.45, 2.75) is 37.5 Å². The number of rotatable bonds is 10. The summed E-state index contributed by atoms with van der Waals surface area (Å²) in [6, 6.07) is 23.3. The molecule has 0 unspecified atom stereocenters. The summed E-state index contributed by atoms with van der Waals surface area (Å²) in [4.78, 5) is 60.3. The molecular weight excluding hydrogens is 757 g/mol. The van der Waals surface area contributed by atoms with Crippen molar-refractivity contribution in [2.75, 3.05) is 25.7 Å². The zero-order valence-electron chi connectivity index (χ0n) is 30.6. The van der Waals surface area contributed by atoms with Crippen molar-refractivity contribution in [3.05, 3.63) is 123 Å². The Hall–Kier alpha value is -5.52. The largest absolute Gasteiger partial charge is 0.508 e. The Morgan fingerprint density at radius 1 is 0.875 bits per heavy atom. The molecule has 2 aliphatic carbocycles. The maximum Gasteiger partial charge on any atom is 0.260 e. The Kier molecular flexibility index (Phi) is 9.70. The van der Waals surface area contributed by atoms with Gasteiger partial charge in [0, 0.05) is 17.5 Å². The average Bonchev–Trinajstić information content (AvgIpc) is 3.56. The zero-order chi connectivity index (χ0) is 39.5. The maximum absolute atomic E-state index is 15.5. The normalized spacial score (nSPS) is 25.4. The van der Waals surface area contributed by atoms with Gasteiger partial charge in [0.15, 0.2) is 11.5 Å². The Balaban J connectivity index is 1.28. The molecule has 4 amide bonds. The van der Waals surface area contributed by atoms with Gasteiger partial charge in [-0.2, -0.15) is 5.01 Å². The van der Waals surface area contributed by atoms with Gasteiger partial charge >= 0.3 is 0 Å². The summed E-state index contributed by atoms with van der Waals surface area (Å²) in [6.07, 6.45) is 2.75. The lowest BCUT2D eigenvalue weighted by atomic mass is 9.49. The molecule has 2 aliphatic heterocycles. The SMILES string of the molecule is CCOc1cc([C@H]2C3=CC[C@@H]4C(=O)N(CCc5ccc(O)cc5)C(=O)[C@@H]4[C@@H]3C[C@H]3C(=O)N(Nc4ccc(Cl)cc4Cl)C(=O)[C@@]23c2ccc(OC)cc2)ccc1O. The molecule has 13 heteroatoms. The minimum absolute atomic E-state index is 0.0916. The van der Waals surface area contributed by atoms with Crippen molar-refractivity contribution < 1.29 is 38.9 Å². The molecule has 2 heterocycles. The predicted octanol–water partition coefficient (Wildman–Crippen LogP) is 7.04. The third-order valence-electron chi connectivity index (χ3n) is 11.8. The van der Waals surface area contributed by atoms with Crippen molar-refractivity contribution in [1.82, 2.24) is 9.91 Å². The van der Waals surface area contributed by atoms with Gasteiger partial charge in [-0.05, 0) is 103 Å². The number of fused-ring (bicyclic) bond motifs is 4. The Labute approximate surface area is 333 Å². The van der Waals surface area contributed by atoms with Crippen LogP contribution in [0.5, 0.6) is 23.0 Å². The second-order valence-corrected chi connectivity index (χ2v) is 15.5. The quantitative estimate of drug-likeness (QED) is 0.114. The van der Waals surface area contributed by atoms with E-state index in [-0.39, 0.29) is 60.1 Å². The van der Waals surface area contributed by atoms with Gasteiger partial charge in [-0.3, -0.25) is 29.5 Å². The van der Waals surface area contributed by atoms with Crippen LogP contribution in [0.15, 0.2) is 96.6 Å². The number of hydrogen-bond donors (Lipinski definition) is 3. The van der Waals surface area contributed by atoms with E-state index in [1.165, 1.54) is 17.0 Å². The van der Waals surface area contributed by atoms with E-state index < -0.39 is 46.8 Å². The maximum atomic E-state index is 15.5. The van der Waals surface area contributed by atoms with Crippen LogP contribution in [-0.4, -0.2) is 64.0 Å². The number of nitrogens with zero attached hydrogens (tertiary/aromatic N) is 2. The summed E-state index contributed by atoms with van der Waals surface area (Å²) in [6.45, 7) is 2.21. The minimum Gasteiger partial charge on any atom is -0.508 e. The predicted molar refractivity (Wildman–Crippen MR) is 208 cm³/mol. The van der Waals surface area contributed by atoms with Crippen molar-refractivity contribution in [1.29, 1.82) is 0 Å². The number of ether oxygens (including phenoxy) is 2. The molecule has 11 nitrogen and oxygen atoms in total. The molecule has 8 rings (SSSR count). The highest BCUT2D eigenvalue weighted by atomic mass is 35.5. The van der Waals surface area contributed by atoms with Gasteiger partial charge in [0.05, 0.1) is 47.6 Å². The number of carbonyl (C=O) groups excluding carboxylic acids is 4. The standard InChI is InChI=1S/C43H39Cl2N3O8/c1-3-56-36-20-24(6-17-35(36)50)38-29-14-15-30-37(41(53)47(39(30)51)19-18-23-4-10-27(49)11-5-23)31(29)22-32-40(52)48(46-34-16-9-26(44)21-33(34)45)42(54)43(32,38)25-7-12-28(55-2)13-8-25/h4-14,16-17,20-21,30-32,37-38,46,49-50H,3,15,18-19,22H2,1-2H3/t30-,31+,32-,37-,38-,43+/m0/s1. The molecule has 3 N–H and O–H groups in total. The number of hydrogen-bond acceptors (Lipinski definition) is 9. The van der Waals surface area contributed by atoms with Crippen LogP contribution in [0, 0.1) is 23.7 Å². The number of phenolic OH excluding ortho intramolecular Hbond substituents is 2. The number of phenols is 2. The lowest BCUT2D eigenvalue weighted by Gasteiger charge is -2.50. The monoisotopic (exact) mass is 795 g/mol. The highest BCUT2D eigenvalue weighted by Crippen LogP contribution is 2.64. The molecule has 0 bridgehead atoms. The number of hydrazine groups is 1. The van der Waals surface area contributed by atoms with Crippen molar-refractivity contribution in [2.24, 2.45) is 23.7 Å². The van der Waals surface area contributed by atoms with Crippen molar-refractivity contribution >= 4 is 52.5 Å². The Morgan fingerprint density at radius 2 is 1.62 bits per heavy atom. The summed E-state index contributed by atoms with van der Waals surface area (Å²) in [5.74, 6) is -4.68. The molecule has 3 fully saturated rings. The first kappa shape index (κ1) is 37.4. The molecule has 288 valence electrons. The average molecular weight is 797 g/mol. The Bertz CT molecular complexity index is 2280. The summed E-state index contributed by atoms with van der Waals surface area (Å²) in [5, 5.41) is 22.1. The number of halogens is 2. The summed E-state index contributed by atoms with van der Waals surface area (Å²) in [7, 11) is 1.54. The van der Waals surface area contributed by atoms with E-state index in [0.717, 1.165) is 16.1 Å². The number of amides is 4. The summed E-state index contributed by atoms with van der Waals surface area (Å²) >= 11 is 12.7. The lowest BCUT2D eigenvalue weighted by molar-refractivity contribution is -0.141. The van der Waals surface area contributed by atoms with E-state index in [4.69, 9.17) is 32.7 Å². The van der Waals surface area contributed by atoms with Gasteiger partial charge in [-0.1, -0.05) is 65.2 Å². The van der Waals surface area contributed by atoms with Gasteiger partial charge in [0.2, 0.25) is 11.8 Å². The smallest absolute Gasteiger partial charge is 0.260 e. The van der Waals surface area contributed by atoms with E-state index >= 15 is 4.79 Å². The molecule has 4 aromatic carbocycles. The number of anilines is 1. The molecule has 0 radical (unpaired) electrons. The molecule has 6 atom stereocenters. The molecule has 0 aromatic heterocycles. The first-order chi connectivity index (χ1) is 27.0. The van der Waals surface area contributed by atoms with Crippen LogP contribution in [0.1, 0.15) is 42.4 Å². The fourth-order valence-corrected chi connectivity index (χ4v) is 9.84. The van der Waals surface area contributed by atoms with Crippen LogP contribution >= 0.6 is 23.2 Å². The zero-order valence-corrected chi connectivity index (χ0v) is 32.1. The van der Waals surface area contributed by atoms with E-state index in [1.54, 1.807) is 86.8 Å². The first-order valence-electron chi connectivity index (χ1n) is 18.5. The highest BCUT2D eigenvalue weighted by molar-refractivity contribution is 6.36. The summed E-state index contributed by atoms with van der Waals surface area (Å²) < 4.78 is 11.3. The third-order valence-corrected chi connectivity index (χ3v) is 12.4. The van der Waals surface area contributed by atoms with Crippen LogP contribution in [0.25, 0.3) is 0 Å². The number of benzene rings is 4. The van der Waals surface area contributed by atoms with Crippen molar-refractivity contribution in [3.63, 3.8) is 0 Å². The molecule has 1 saturated carbocycles. The summed E-state index contributed by atoms with van der Waals surface area (Å²) in [5.41, 5.74) is 4.50. The van der Waals surface area contributed by atoms with E-state index in [9.17, 15) is 24.6 Å². The van der Waals surface area contributed by atoms with Gasteiger partial charge in [-0.15, -0.1) is 0 Å². The minimum atomic E-state index is -1.56. The van der Waals surface area contributed by atoms with Crippen molar-refractivity contribution in [3.8, 4) is 23.0 Å². The molecule has 4 aliphatic rings. The Morgan fingerprint density at radius 3 is 2.32 bits per heavy atom. The number of carbonyl (C=O) groups is 4. The van der Waals surface area contributed by atoms with Gasteiger partial charge in [-0.25, -0.2) is 0 Å². The van der Waals surface area contributed by atoms with E-state index in [1.807, 2.05) is 6.08 Å². The van der Waals surface area contributed by atoms with Crippen LogP contribution < -0.4 is 14.9 Å². The first-order valence-corrected chi connectivity index (χ1v) is 19.3. The highest BCUT2D eigenvalue weighted by Gasteiger charge is 2.70. The number of methoxy groups -OCH3 is 1. The number of nitrogens with one attached hydrogen (secondary N) is 1. The van der Waals surface area contributed by atoms with Crippen LogP contribution in [0.2, 0.25) is 10.0 Å². The number of likely N-dealkylation sites (tertiary alicyclic amines) is 1. The molecule has 2 saturated heterocycles.